The van der Waals surface area contributed by atoms with E-state index < -0.39 is 5.91 Å². The molecule has 0 unspecified atom stereocenters. The number of thioether (sulfide) groups is 1. The molecule has 3 aromatic heterocycles. The molecule has 0 bridgehead atoms. The zero-order chi connectivity index (χ0) is 22.2. The highest BCUT2D eigenvalue weighted by Crippen LogP contribution is 2.37. The minimum Gasteiger partial charge on any atom is -0.410 e. The van der Waals surface area contributed by atoms with Gasteiger partial charge in [-0.2, -0.15) is 0 Å². The van der Waals surface area contributed by atoms with Crippen molar-refractivity contribution in [2.75, 3.05) is 0 Å². The van der Waals surface area contributed by atoms with Crippen LogP contribution in [0.3, 0.4) is 0 Å². The first-order valence-corrected chi connectivity index (χ1v) is 12.1. The summed E-state index contributed by atoms with van der Waals surface area (Å²) < 4.78 is 7.19. The summed E-state index contributed by atoms with van der Waals surface area (Å²) in [6.07, 6.45) is 3.40. The highest BCUT2D eigenvalue weighted by atomic mass is 32.2. The average molecular weight is 468 g/mol. The minimum atomic E-state index is -0.605. The number of aryl methyl sites for hydroxylation is 1. The second-order valence-electron chi connectivity index (χ2n) is 7.97. The molecule has 1 aliphatic rings. The number of benzene rings is 1. The van der Waals surface area contributed by atoms with Gasteiger partial charge in [-0.05, 0) is 48.9 Å². The zero-order valence-corrected chi connectivity index (χ0v) is 19.0. The smallest absolute Gasteiger partial charge is 0.277 e. The van der Waals surface area contributed by atoms with Gasteiger partial charge in [-0.1, -0.05) is 30.8 Å². The van der Waals surface area contributed by atoms with Gasteiger partial charge in [0, 0.05) is 4.88 Å². The topological polar surface area (TPSA) is 117 Å². The summed E-state index contributed by atoms with van der Waals surface area (Å²) in [5.74, 6) is 1.31. The zero-order valence-electron chi connectivity index (χ0n) is 17.4. The van der Waals surface area contributed by atoms with E-state index in [0.717, 1.165) is 17.7 Å². The van der Waals surface area contributed by atoms with Gasteiger partial charge in [0.15, 0.2) is 0 Å². The molecule has 2 N–H and O–H groups in total. The van der Waals surface area contributed by atoms with Crippen LogP contribution in [0.25, 0.3) is 21.7 Å². The maximum absolute atomic E-state index is 12.9. The van der Waals surface area contributed by atoms with Crippen molar-refractivity contribution < 1.29 is 9.21 Å². The number of thiophene rings is 1. The minimum absolute atomic E-state index is 0.235. The van der Waals surface area contributed by atoms with E-state index in [-0.39, 0.29) is 17.9 Å². The third-order valence-corrected chi connectivity index (χ3v) is 7.57. The molecule has 0 aliphatic heterocycles. The maximum atomic E-state index is 12.9. The van der Waals surface area contributed by atoms with Crippen LogP contribution in [-0.2, 0) is 29.9 Å². The van der Waals surface area contributed by atoms with Crippen molar-refractivity contribution in [3.63, 3.8) is 0 Å². The Hall–Kier alpha value is -2.98. The summed E-state index contributed by atoms with van der Waals surface area (Å²) in [5, 5.41) is 9.18. The number of fused-ring (bicyclic) bond motifs is 2. The molecule has 8 nitrogen and oxygen atoms in total. The number of hydrogen-bond acceptors (Lipinski definition) is 8. The lowest BCUT2D eigenvalue weighted by Gasteiger charge is -2.16. The van der Waals surface area contributed by atoms with Crippen LogP contribution in [0.1, 0.15) is 29.6 Å². The predicted molar refractivity (Wildman–Crippen MR) is 124 cm³/mol. The van der Waals surface area contributed by atoms with Crippen molar-refractivity contribution in [3.8, 4) is 10.8 Å². The third kappa shape index (κ3) is 4.07. The first-order valence-electron chi connectivity index (χ1n) is 10.3. The van der Waals surface area contributed by atoms with Gasteiger partial charge in [-0.3, -0.25) is 14.2 Å². The van der Waals surface area contributed by atoms with Gasteiger partial charge in [0.25, 0.3) is 16.7 Å². The second-order valence-corrected chi connectivity index (χ2v) is 10.0. The number of primary amides is 1. The molecular formula is C22H21N5O3S2. The van der Waals surface area contributed by atoms with Crippen LogP contribution in [0.4, 0.5) is 0 Å². The number of rotatable bonds is 6. The summed E-state index contributed by atoms with van der Waals surface area (Å²) in [4.78, 5) is 31.4. The first kappa shape index (κ1) is 20.9. The number of carbonyl (C=O) groups is 1. The van der Waals surface area contributed by atoms with Crippen molar-refractivity contribution in [2.24, 2.45) is 11.7 Å². The summed E-state index contributed by atoms with van der Waals surface area (Å²) in [5.41, 5.74) is 7.01. The largest absolute Gasteiger partial charge is 0.410 e. The lowest BCUT2D eigenvalue weighted by molar-refractivity contribution is -0.118. The molecule has 0 fully saturated rings. The molecule has 4 aromatic rings. The van der Waals surface area contributed by atoms with Crippen LogP contribution < -0.4 is 11.3 Å². The quantitative estimate of drug-likeness (QED) is 0.432. The number of aromatic nitrogens is 4. The van der Waals surface area contributed by atoms with Crippen molar-refractivity contribution >= 4 is 39.9 Å². The molecule has 0 saturated carbocycles. The van der Waals surface area contributed by atoms with E-state index >= 15 is 0 Å². The fourth-order valence-electron chi connectivity index (χ4n) is 3.95. The predicted octanol–water partition coefficient (Wildman–Crippen LogP) is 3.41. The van der Waals surface area contributed by atoms with Gasteiger partial charge >= 0.3 is 0 Å². The van der Waals surface area contributed by atoms with Crippen LogP contribution in [0.5, 0.6) is 0 Å². The molecule has 164 valence electrons. The monoisotopic (exact) mass is 467 g/mol. The van der Waals surface area contributed by atoms with Crippen molar-refractivity contribution in [1.29, 1.82) is 0 Å². The van der Waals surface area contributed by atoms with E-state index in [1.807, 2.05) is 6.07 Å². The Balaban J connectivity index is 1.39. The molecule has 1 aromatic carbocycles. The molecule has 0 saturated heterocycles. The van der Waals surface area contributed by atoms with Crippen LogP contribution in [0.2, 0.25) is 0 Å². The molecular weight excluding hydrogens is 446 g/mol. The summed E-state index contributed by atoms with van der Waals surface area (Å²) in [6, 6.07) is 9.19. The Labute approximate surface area is 191 Å². The first-order chi connectivity index (χ1) is 15.5. The molecule has 5 rings (SSSR count). The Kier molecular flexibility index (Phi) is 5.56. The van der Waals surface area contributed by atoms with Crippen LogP contribution in [0.15, 0.2) is 44.8 Å². The van der Waals surface area contributed by atoms with Crippen molar-refractivity contribution in [2.45, 2.75) is 43.7 Å². The molecule has 10 heteroatoms. The summed E-state index contributed by atoms with van der Waals surface area (Å²) in [7, 11) is 0. The average Bonchev–Trinajstić information content (AvgIpc) is 3.41. The lowest BCUT2D eigenvalue weighted by Crippen LogP contribution is -2.31. The summed E-state index contributed by atoms with van der Waals surface area (Å²) in [6.45, 7) is 2.04. The van der Waals surface area contributed by atoms with Crippen LogP contribution >= 0.6 is 23.1 Å². The number of carbonyl (C=O) groups excluding carboxylic acids is 1. The highest BCUT2D eigenvalue weighted by Gasteiger charge is 2.21. The lowest BCUT2D eigenvalue weighted by atomic mass is 9.90. The van der Waals surface area contributed by atoms with E-state index in [9.17, 15) is 9.59 Å². The van der Waals surface area contributed by atoms with E-state index in [0.29, 0.717) is 33.8 Å². The van der Waals surface area contributed by atoms with Crippen molar-refractivity contribution in [3.05, 3.63) is 57.0 Å². The second kappa shape index (κ2) is 8.51. The molecule has 32 heavy (non-hydrogen) atoms. The SMILES string of the molecule is C[C@H]1CCc2sc(-c3nnc(SCc4nc5ccccc5c(=O)n4CC(N)=O)o3)cc2C1. The van der Waals surface area contributed by atoms with Crippen LogP contribution in [-0.4, -0.2) is 25.7 Å². The van der Waals surface area contributed by atoms with E-state index in [4.69, 9.17) is 10.2 Å². The van der Waals surface area contributed by atoms with Gasteiger partial charge in [-0.25, -0.2) is 4.98 Å². The number of para-hydroxylation sites is 1. The maximum Gasteiger partial charge on any atom is 0.277 e. The third-order valence-electron chi connectivity index (χ3n) is 5.53. The Bertz CT molecular complexity index is 1370. The molecule has 3 heterocycles. The van der Waals surface area contributed by atoms with Crippen LogP contribution in [0, 0.1) is 5.92 Å². The Morgan fingerprint density at radius 3 is 3.03 bits per heavy atom. The molecule has 0 radical (unpaired) electrons. The molecule has 1 aliphatic carbocycles. The standard InChI is InChI=1S/C22H21N5O3S2/c1-12-6-7-16-13(8-12)9-17(32-16)20-25-26-22(30-20)31-11-19-24-15-5-3-2-4-14(15)21(29)27(19)10-18(23)28/h2-5,9,12H,6-8,10-11H2,1H3,(H2,23,28)/t12-/m0/s1. The molecule has 1 amide bonds. The van der Waals surface area contributed by atoms with Gasteiger partial charge < -0.3 is 10.2 Å². The van der Waals surface area contributed by atoms with Gasteiger partial charge in [0.1, 0.15) is 12.4 Å². The van der Waals surface area contributed by atoms with Crippen molar-refractivity contribution in [1.82, 2.24) is 19.7 Å². The Morgan fingerprint density at radius 2 is 2.19 bits per heavy atom. The number of amides is 1. The Morgan fingerprint density at radius 1 is 1.34 bits per heavy atom. The van der Waals surface area contributed by atoms with Gasteiger partial charge in [0.05, 0.1) is 21.5 Å². The fourth-order valence-corrected chi connectivity index (χ4v) is 5.79. The fraction of sp³-hybridized carbons (Fsp3) is 0.318. The van der Waals surface area contributed by atoms with E-state index in [1.165, 1.54) is 33.2 Å². The number of nitrogens with two attached hydrogens (primary N) is 1. The van der Waals surface area contributed by atoms with Gasteiger partial charge in [-0.15, -0.1) is 21.5 Å². The van der Waals surface area contributed by atoms with E-state index in [1.54, 1.807) is 29.5 Å². The number of nitrogens with zero attached hydrogens (tertiary/aromatic N) is 4. The summed E-state index contributed by atoms with van der Waals surface area (Å²) >= 11 is 2.99. The molecule has 1 atom stereocenters. The van der Waals surface area contributed by atoms with Gasteiger partial charge in [0.2, 0.25) is 5.91 Å². The highest BCUT2D eigenvalue weighted by molar-refractivity contribution is 7.98. The normalized spacial score (nSPS) is 15.7. The van der Waals surface area contributed by atoms with E-state index in [2.05, 4.69) is 28.2 Å². The molecule has 0 spiro atoms. The number of hydrogen-bond donors (Lipinski definition) is 1.